The number of carbonyl (C=O) groups is 1. The summed E-state index contributed by atoms with van der Waals surface area (Å²) in [5, 5.41) is 5.18. The molecule has 2 aromatic heterocycles. The Balaban J connectivity index is 1.56. The number of rotatable bonds is 4. The van der Waals surface area contributed by atoms with E-state index in [1.54, 1.807) is 30.5 Å². The van der Waals surface area contributed by atoms with Crippen molar-refractivity contribution in [3.8, 4) is 21.9 Å². The van der Waals surface area contributed by atoms with E-state index in [9.17, 15) is 13.6 Å². The molecular formula is C21H14F2N2O2S. The van der Waals surface area contributed by atoms with Crippen molar-refractivity contribution in [3.63, 3.8) is 0 Å². The van der Waals surface area contributed by atoms with E-state index in [4.69, 9.17) is 4.42 Å². The molecule has 7 heteroatoms. The van der Waals surface area contributed by atoms with Gasteiger partial charge in [-0.3, -0.25) is 4.79 Å². The van der Waals surface area contributed by atoms with E-state index in [1.165, 1.54) is 17.4 Å². The number of furan rings is 1. The Labute approximate surface area is 163 Å². The van der Waals surface area contributed by atoms with Crippen LogP contribution < -0.4 is 5.32 Å². The van der Waals surface area contributed by atoms with Crippen molar-refractivity contribution in [3.05, 3.63) is 83.1 Å². The molecule has 140 valence electrons. The monoisotopic (exact) mass is 396 g/mol. The van der Waals surface area contributed by atoms with Gasteiger partial charge in [0, 0.05) is 22.8 Å². The van der Waals surface area contributed by atoms with Crippen LogP contribution in [0.15, 0.2) is 64.5 Å². The Morgan fingerprint density at radius 3 is 2.46 bits per heavy atom. The number of aromatic nitrogens is 1. The molecule has 0 spiro atoms. The van der Waals surface area contributed by atoms with Gasteiger partial charge in [0.15, 0.2) is 10.8 Å². The lowest BCUT2D eigenvalue weighted by Crippen LogP contribution is -2.15. The highest BCUT2D eigenvalue weighted by Crippen LogP contribution is 2.33. The maximum absolute atomic E-state index is 13.7. The Bertz CT molecular complexity index is 1120. The van der Waals surface area contributed by atoms with Crippen LogP contribution in [0.3, 0.4) is 0 Å². The number of nitrogens with zero attached hydrogens (tertiary/aromatic N) is 1. The molecule has 0 radical (unpaired) electrons. The summed E-state index contributed by atoms with van der Waals surface area (Å²) in [5.41, 5.74) is 1.62. The molecule has 2 aromatic carbocycles. The van der Waals surface area contributed by atoms with Crippen molar-refractivity contribution >= 4 is 22.9 Å². The van der Waals surface area contributed by atoms with E-state index in [1.807, 2.05) is 18.4 Å². The van der Waals surface area contributed by atoms with Crippen LogP contribution in [0.5, 0.6) is 0 Å². The standard InChI is InChI=1S/C21H14F2N2O2S/c1-12-15(11-18(27-12)21-24-9-10-28-21)13-5-7-14(8-6-13)25-20(26)19-16(22)3-2-4-17(19)23/h2-11H,1H3,(H,25,26). The maximum Gasteiger partial charge on any atom is 0.261 e. The normalized spacial score (nSPS) is 10.8. The summed E-state index contributed by atoms with van der Waals surface area (Å²) in [5.74, 6) is -1.21. The fourth-order valence-corrected chi connectivity index (χ4v) is 3.45. The lowest BCUT2D eigenvalue weighted by Gasteiger charge is -2.08. The highest BCUT2D eigenvalue weighted by Gasteiger charge is 2.17. The molecule has 0 unspecified atom stereocenters. The maximum atomic E-state index is 13.7. The number of thiazole rings is 1. The van der Waals surface area contributed by atoms with Crippen LogP contribution in [0.25, 0.3) is 21.9 Å². The minimum absolute atomic E-state index is 0.428. The second-order valence-corrected chi connectivity index (χ2v) is 6.94. The molecule has 4 rings (SSSR count). The summed E-state index contributed by atoms with van der Waals surface area (Å²) in [6, 6.07) is 12.2. The molecule has 0 aliphatic carbocycles. The number of benzene rings is 2. The molecule has 0 aliphatic rings. The van der Waals surface area contributed by atoms with Crippen LogP contribution in [0.1, 0.15) is 16.1 Å². The van der Waals surface area contributed by atoms with Crippen LogP contribution in [0.4, 0.5) is 14.5 Å². The van der Waals surface area contributed by atoms with Crippen LogP contribution in [0.2, 0.25) is 0 Å². The minimum atomic E-state index is -0.905. The van der Waals surface area contributed by atoms with E-state index in [0.29, 0.717) is 11.4 Å². The molecule has 0 aliphatic heterocycles. The number of nitrogens with one attached hydrogen (secondary N) is 1. The van der Waals surface area contributed by atoms with Gasteiger partial charge >= 0.3 is 0 Å². The Kier molecular flexibility index (Phi) is 4.75. The van der Waals surface area contributed by atoms with Gasteiger partial charge < -0.3 is 9.73 Å². The van der Waals surface area contributed by atoms with Crippen molar-refractivity contribution in [1.82, 2.24) is 4.98 Å². The molecule has 0 atom stereocenters. The van der Waals surface area contributed by atoms with Gasteiger partial charge in [0.25, 0.3) is 5.91 Å². The molecule has 4 nitrogen and oxygen atoms in total. The second kappa shape index (κ2) is 7.36. The first-order chi connectivity index (χ1) is 13.5. The van der Waals surface area contributed by atoms with Gasteiger partial charge in [-0.1, -0.05) is 18.2 Å². The lowest BCUT2D eigenvalue weighted by molar-refractivity contribution is 0.101. The third kappa shape index (κ3) is 3.44. The van der Waals surface area contributed by atoms with Crippen molar-refractivity contribution in [2.75, 3.05) is 5.32 Å². The fourth-order valence-electron chi connectivity index (χ4n) is 2.86. The summed E-state index contributed by atoms with van der Waals surface area (Å²) < 4.78 is 33.3. The van der Waals surface area contributed by atoms with Gasteiger partial charge in [0.2, 0.25) is 0 Å². The van der Waals surface area contributed by atoms with E-state index < -0.39 is 23.1 Å². The first-order valence-electron chi connectivity index (χ1n) is 8.39. The van der Waals surface area contributed by atoms with Gasteiger partial charge in [-0.15, -0.1) is 11.3 Å². The Morgan fingerprint density at radius 1 is 1.11 bits per heavy atom. The lowest BCUT2D eigenvalue weighted by atomic mass is 10.1. The van der Waals surface area contributed by atoms with E-state index in [2.05, 4.69) is 10.3 Å². The van der Waals surface area contributed by atoms with Gasteiger partial charge in [-0.05, 0) is 42.8 Å². The molecule has 0 bridgehead atoms. The SMILES string of the molecule is Cc1oc(-c2nccs2)cc1-c1ccc(NC(=O)c2c(F)cccc2F)cc1. The molecule has 0 saturated carbocycles. The number of hydrogen-bond donors (Lipinski definition) is 1. The van der Waals surface area contributed by atoms with Crippen LogP contribution in [0, 0.1) is 18.6 Å². The van der Waals surface area contributed by atoms with Crippen molar-refractivity contribution in [2.24, 2.45) is 0 Å². The largest absolute Gasteiger partial charge is 0.458 e. The quantitative estimate of drug-likeness (QED) is 0.467. The first-order valence-corrected chi connectivity index (χ1v) is 9.27. The number of hydrogen-bond acceptors (Lipinski definition) is 4. The summed E-state index contributed by atoms with van der Waals surface area (Å²) in [7, 11) is 0. The Morgan fingerprint density at radius 2 is 1.82 bits per heavy atom. The van der Waals surface area contributed by atoms with E-state index in [-0.39, 0.29) is 0 Å². The number of anilines is 1. The first kappa shape index (κ1) is 18.1. The topological polar surface area (TPSA) is 55.1 Å². The molecule has 4 aromatic rings. The minimum Gasteiger partial charge on any atom is -0.458 e. The predicted octanol–water partition coefficient (Wildman–Crippen LogP) is 5.91. The smallest absolute Gasteiger partial charge is 0.261 e. The summed E-state index contributed by atoms with van der Waals surface area (Å²) >= 11 is 1.49. The molecule has 0 fully saturated rings. The average molecular weight is 396 g/mol. The van der Waals surface area contributed by atoms with Crippen molar-refractivity contribution in [2.45, 2.75) is 6.92 Å². The van der Waals surface area contributed by atoms with Crippen molar-refractivity contribution < 1.29 is 18.0 Å². The molecule has 1 amide bonds. The molecule has 2 heterocycles. The Hall–Kier alpha value is -3.32. The van der Waals surface area contributed by atoms with Gasteiger partial charge in [0.05, 0.1) is 0 Å². The summed E-state index contributed by atoms with van der Waals surface area (Å²) in [6.07, 6.45) is 1.72. The summed E-state index contributed by atoms with van der Waals surface area (Å²) in [6.45, 7) is 1.86. The number of aryl methyl sites for hydroxylation is 1. The van der Waals surface area contributed by atoms with Gasteiger partial charge in [-0.2, -0.15) is 0 Å². The molecule has 28 heavy (non-hydrogen) atoms. The van der Waals surface area contributed by atoms with Crippen LogP contribution >= 0.6 is 11.3 Å². The zero-order valence-electron chi connectivity index (χ0n) is 14.7. The number of halogens is 2. The summed E-state index contributed by atoms with van der Waals surface area (Å²) in [4.78, 5) is 16.4. The number of amides is 1. The highest BCUT2D eigenvalue weighted by atomic mass is 32.1. The predicted molar refractivity (Wildman–Crippen MR) is 104 cm³/mol. The van der Waals surface area contributed by atoms with Crippen molar-refractivity contribution in [1.29, 1.82) is 0 Å². The molecule has 1 N–H and O–H groups in total. The molecular weight excluding hydrogens is 382 g/mol. The zero-order valence-corrected chi connectivity index (χ0v) is 15.5. The average Bonchev–Trinajstić information content (AvgIpc) is 3.32. The van der Waals surface area contributed by atoms with Gasteiger partial charge in [0.1, 0.15) is 23.0 Å². The van der Waals surface area contributed by atoms with Crippen LogP contribution in [-0.2, 0) is 0 Å². The number of carbonyl (C=O) groups excluding carboxylic acids is 1. The van der Waals surface area contributed by atoms with E-state index >= 15 is 0 Å². The van der Waals surface area contributed by atoms with E-state index in [0.717, 1.165) is 34.0 Å². The van der Waals surface area contributed by atoms with Gasteiger partial charge in [-0.25, -0.2) is 13.8 Å². The second-order valence-electron chi connectivity index (χ2n) is 6.05. The fraction of sp³-hybridized carbons (Fsp3) is 0.0476. The highest BCUT2D eigenvalue weighted by molar-refractivity contribution is 7.13. The molecule has 0 saturated heterocycles. The third-order valence-corrected chi connectivity index (χ3v) is 4.99. The zero-order chi connectivity index (χ0) is 19.7. The van der Waals surface area contributed by atoms with Crippen LogP contribution in [-0.4, -0.2) is 10.9 Å². The third-order valence-electron chi connectivity index (χ3n) is 4.20.